The van der Waals surface area contributed by atoms with Crippen LogP contribution >= 0.6 is 0 Å². The Morgan fingerprint density at radius 1 is 1.30 bits per heavy atom. The third-order valence-electron chi connectivity index (χ3n) is 3.99. The van der Waals surface area contributed by atoms with Crippen molar-refractivity contribution in [1.82, 2.24) is 29.9 Å². The number of nitrogens with zero attached hydrogens (tertiary/aromatic N) is 6. The molecular formula is C17H15N7O3. The minimum absolute atomic E-state index is 0.0904. The van der Waals surface area contributed by atoms with Crippen molar-refractivity contribution in [3.8, 4) is 5.88 Å². The molecule has 0 saturated heterocycles. The molecule has 0 radical (unpaired) electrons. The monoisotopic (exact) mass is 365 g/mol. The first-order chi connectivity index (χ1) is 13.2. The molecule has 10 nitrogen and oxygen atoms in total. The lowest BCUT2D eigenvalue weighted by molar-refractivity contribution is -0.131. The van der Waals surface area contributed by atoms with Crippen LogP contribution in [0.15, 0.2) is 35.7 Å². The summed E-state index contributed by atoms with van der Waals surface area (Å²) in [6.45, 7) is 2.39. The van der Waals surface area contributed by atoms with Crippen molar-refractivity contribution in [2.45, 2.75) is 13.5 Å². The van der Waals surface area contributed by atoms with Crippen LogP contribution in [0.4, 0.5) is 0 Å². The number of hydrogen-bond acceptors (Lipinski definition) is 7. The molecule has 1 aliphatic heterocycles. The number of rotatable bonds is 5. The largest absolute Gasteiger partial charge is 0.475 e. The molecule has 1 unspecified atom stereocenters. The van der Waals surface area contributed by atoms with Gasteiger partial charge in [-0.3, -0.25) is 14.0 Å². The van der Waals surface area contributed by atoms with Crippen LogP contribution in [-0.2, 0) is 16.1 Å². The highest BCUT2D eigenvalue weighted by Crippen LogP contribution is 2.15. The molecule has 4 rings (SSSR count). The molecule has 4 heterocycles. The molecule has 136 valence electrons. The highest BCUT2D eigenvalue weighted by Gasteiger charge is 2.26. The van der Waals surface area contributed by atoms with Crippen LogP contribution in [0.2, 0.25) is 0 Å². The standard InChI is InChI=1S/C17H15N7O3/c1-2-27-17-14-23-22-12(24(14)7-6-19-17)9-20-15(25)11-8-10-4-3-5-18-13(10)21-16(11)26/h3-8,11H,2,9H2,1H3,(H,20,25). The van der Waals surface area contributed by atoms with E-state index in [1.54, 1.807) is 41.2 Å². The van der Waals surface area contributed by atoms with Gasteiger partial charge in [0, 0.05) is 23.8 Å². The van der Waals surface area contributed by atoms with Gasteiger partial charge in [-0.1, -0.05) is 6.08 Å². The number of carbonyl (C=O) groups excluding carboxylic acids is 2. The number of nitrogens with one attached hydrogen (secondary N) is 1. The van der Waals surface area contributed by atoms with Crippen LogP contribution in [0.5, 0.6) is 5.88 Å². The first kappa shape index (κ1) is 16.8. The summed E-state index contributed by atoms with van der Waals surface area (Å²) in [5.74, 6) is -1.16. The van der Waals surface area contributed by atoms with E-state index in [-0.39, 0.29) is 6.54 Å². The van der Waals surface area contributed by atoms with Crippen LogP contribution in [0.3, 0.4) is 0 Å². The molecule has 3 aromatic rings. The quantitative estimate of drug-likeness (QED) is 0.563. The van der Waals surface area contributed by atoms with Gasteiger partial charge in [0.25, 0.3) is 11.8 Å². The van der Waals surface area contributed by atoms with Crippen LogP contribution in [0, 0.1) is 5.92 Å². The number of amides is 2. The van der Waals surface area contributed by atoms with E-state index in [2.05, 4.69) is 30.5 Å². The molecule has 0 aromatic carbocycles. The lowest BCUT2D eigenvalue weighted by Gasteiger charge is -2.12. The average molecular weight is 365 g/mol. The summed E-state index contributed by atoms with van der Waals surface area (Å²) in [5.41, 5.74) is 0.782. The molecule has 27 heavy (non-hydrogen) atoms. The van der Waals surface area contributed by atoms with Crippen molar-refractivity contribution in [1.29, 1.82) is 0 Å². The Labute approximate surface area is 152 Å². The predicted octanol–water partition coefficient (Wildman–Crippen LogP) is -1.21. The highest BCUT2D eigenvalue weighted by molar-refractivity contribution is 6.06. The maximum Gasteiger partial charge on any atom is 0.264 e. The zero-order chi connectivity index (χ0) is 18.8. The second kappa shape index (κ2) is 6.90. The van der Waals surface area contributed by atoms with Gasteiger partial charge in [0.2, 0.25) is 11.6 Å². The summed E-state index contributed by atoms with van der Waals surface area (Å²) in [7, 11) is 0. The molecule has 10 heteroatoms. The third kappa shape index (κ3) is 3.12. The Hall–Kier alpha value is -3.69. The zero-order valence-corrected chi connectivity index (χ0v) is 14.4. The predicted molar refractivity (Wildman–Crippen MR) is 91.8 cm³/mol. The minimum atomic E-state index is -0.999. The minimum Gasteiger partial charge on any atom is -0.475 e. The van der Waals surface area contributed by atoms with E-state index in [1.807, 2.05) is 6.92 Å². The van der Waals surface area contributed by atoms with E-state index < -0.39 is 17.7 Å². The number of ether oxygens (including phenoxy) is 1. The summed E-state index contributed by atoms with van der Waals surface area (Å²) in [6.07, 6.45) is 6.35. The van der Waals surface area contributed by atoms with Gasteiger partial charge in [-0.05, 0) is 19.1 Å². The van der Waals surface area contributed by atoms with Crippen molar-refractivity contribution in [3.05, 3.63) is 47.3 Å². The molecule has 0 aliphatic carbocycles. The molecule has 2 amide bonds. The van der Waals surface area contributed by atoms with E-state index in [1.165, 1.54) is 0 Å². The van der Waals surface area contributed by atoms with Crippen LogP contribution in [0.25, 0.3) is 11.7 Å². The fraction of sp³-hybridized carbons (Fsp3) is 0.235. The van der Waals surface area contributed by atoms with E-state index in [4.69, 9.17) is 4.74 Å². The van der Waals surface area contributed by atoms with Gasteiger partial charge in [-0.2, -0.15) is 4.99 Å². The van der Waals surface area contributed by atoms with Gasteiger partial charge in [-0.15, -0.1) is 10.2 Å². The first-order valence-electron chi connectivity index (χ1n) is 8.32. The molecule has 0 spiro atoms. The Kier molecular flexibility index (Phi) is 4.29. The molecule has 0 saturated carbocycles. The summed E-state index contributed by atoms with van der Waals surface area (Å²) < 4.78 is 7.09. The summed E-state index contributed by atoms with van der Waals surface area (Å²) >= 11 is 0. The van der Waals surface area contributed by atoms with Gasteiger partial charge in [-0.25, -0.2) is 9.97 Å². The van der Waals surface area contributed by atoms with E-state index in [9.17, 15) is 9.59 Å². The highest BCUT2D eigenvalue weighted by atomic mass is 16.5. The molecule has 1 aliphatic rings. The van der Waals surface area contributed by atoms with Gasteiger partial charge >= 0.3 is 0 Å². The van der Waals surface area contributed by atoms with Gasteiger partial charge < -0.3 is 10.1 Å². The Morgan fingerprint density at radius 3 is 3.04 bits per heavy atom. The van der Waals surface area contributed by atoms with Crippen LogP contribution in [-0.4, -0.2) is 43.0 Å². The average Bonchev–Trinajstić information content (AvgIpc) is 3.10. The van der Waals surface area contributed by atoms with E-state index in [0.29, 0.717) is 34.7 Å². The lowest BCUT2D eigenvalue weighted by Crippen LogP contribution is -2.42. The zero-order valence-electron chi connectivity index (χ0n) is 14.4. The van der Waals surface area contributed by atoms with Gasteiger partial charge in [0.1, 0.15) is 5.92 Å². The number of hydrogen-bond donors (Lipinski definition) is 1. The second-order valence-electron chi connectivity index (χ2n) is 5.70. The Morgan fingerprint density at radius 2 is 2.19 bits per heavy atom. The molecule has 1 N–H and O–H groups in total. The number of aromatic nitrogens is 5. The van der Waals surface area contributed by atoms with Gasteiger partial charge in [0.05, 0.1) is 13.2 Å². The van der Waals surface area contributed by atoms with Crippen LogP contribution in [0.1, 0.15) is 12.7 Å². The Bertz CT molecular complexity index is 1150. The summed E-state index contributed by atoms with van der Waals surface area (Å²) in [5, 5.41) is 11.5. The maximum absolute atomic E-state index is 12.5. The van der Waals surface area contributed by atoms with E-state index in [0.717, 1.165) is 0 Å². The Balaban J connectivity index is 1.53. The fourth-order valence-corrected chi connectivity index (χ4v) is 2.73. The van der Waals surface area contributed by atoms with Gasteiger partial charge in [0.15, 0.2) is 11.3 Å². The number of carbonyl (C=O) groups is 2. The van der Waals surface area contributed by atoms with Crippen molar-refractivity contribution >= 4 is 23.5 Å². The molecule has 0 bridgehead atoms. The SMILES string of the molecule is CCOc1nccn2c(CNC(=O)C3C=c4cccnc4=NC3=O)nnc12. The second-order valence-corrected chi connectivity index (χ2v) is 5.70. The summed E-state index contributed by atoms with van der Waals surface area (Å²) in [4.78, 5) is 36.6. The summed E-state index contributed by atoms with van der Waals surface area (Å²) in [6, 6.07) is 3.48. The first-order valence-corrected chi connectivity index (χ1v) is 8.32. The smallest absolute Gasteiger partial charge is 0.264 e. The van der Waals surface area contributed by atoms with Crippen LogP contribution < -0.4 is 20.8 Å². The van der Waals surface area contributed by atoms with Crippen molar-refractivity contribution in [2.75, 3.05) is 6.61 Å². The fourth-order valence-electron chi connectivity index (χ4n) is 2.73. The normalized spacial score (nSPS) is 15.6. The topological polar surface area (TPSA) is 124 Å². The van der Waals surface area contributed by atoms with E-state index >= 15 is 0 Å². The van der Waals surface area contributed by atoms with Crippen molar-refractivity contribution < 1.29 is 14.3 Å². The van der Waals surface area contributed by atoms with Crippen molar-refractivity contribution in [2.24, 2.45) is 10.9 Å². The molecule has 1 atom stereocenters. The van der Waals surface area contributed by atoms with Crippen molar-refractivity contribution in [3.63, 3.8) is 0 Å². The molecular weight excluding hydrogens is 350 g/mol. The third-order valence-corrected chi connectivity index (χ3v) is 3.99. The number of pyridine rings is 1. The number of fused-ring (bicyclic) bond motifs is 2. The lowest BCUT2D eigenvalue weighted by atomic mass is 10.0. The maximum atomic E-state index is 12.5. The molecule has 3 aromatic heterocycles. The molecule has 0 fully saturated rings.